The third kappa shape index (κ3) is 10.1. The number of sulfonamides is 1. The highest BCUT2D eigenvalue weighted by Gasteiger charge is 2.63. The number of hydrogen-bond acceptors (Lipinski definition) is 12. The quantitative estimate of drug-likeness (QED) is 0.244. The monoisotopic (exact) mass is 918 g/mol. The summed E-state index contributed by atoms with van der Waals surface area (Å²) in [6.45, 7) is 9.68. The maximum atomic E-state index is 15.1. The molecule has 9 rings (SSSR count). The predicted octanol–water partition coefficient (Wildman–Crippen LogP) is 4.92. The molecule has 17 heteroatoms. The first-order valence-corrected chi connectivity index (χ1v) is 25.6. The number of alkyl carbamates (subject to hydrolysis) is 1. The smallest absolute Gasteiger partial charge is 0.408 e. The van der Waals surface area contributed by atoms with Gasteiger partial charge in [-0.05, 0) is 82.3 Å². The number of nitrogens with zero attached hydrogens (tertiary/aromatic N) is 3. The van der Waals surface area contributed by atoms with Crippen LogP contribution < -0.4 is 24.8 Å². The number of amides is 4. The number of hydrogen-bond donors (Lipinski definition) is 3. The number of fused-ring (bicyclic) bond motifs is 5. The third-order valence-corrected chi connectivity index (χ3v) is 17.3. The summed E-state index contributed by atoms with van der Waals surface area (Å²) < 4.78 is 52.8. The average Bonchev–Trinajstić information content (AvgIpc) is 4.26. The predicted molar refractivity (Wildman–Crippen MR) is 242 cm³/mol. The van der Waals surface area contributed by atoms with Crippen LogP contribution in [0.25, 0.3) is 10.9 Å². The van der Waals surface area contributed by atoms with Crippen LogP contribution in [0.2, 0.25) is 0 Å². The lowest BCUT2D eigenvalue weighted by Gasteiger charge is -2.32. The molecular weight excluding hydrogens is 853 g/mol. The van der Waals surface area contributed by atoms with E-state index in [9.17, 15) is 22.8 Å². The second-order valence-corrected chi connectivity index (χ2v) is 22.1. The molecule has 7 aliphatic rings. The van der Waals surface area contributed by atoms with Crippen molar-refractivity contribution in [2.45, 2.75) is 144 Å². The van der Waals surface area contributed by atoms with Crippen molar-refractivity contribution in [2.75, 3.05) is 46.0 Å². The minimum Gasteiger partial charge on any atom is -0.491 e. The van der Waals surface area contributed by atoms with Gasteiger partial charge in [0.2, 0.25) is 27.7 Å². The standard InChI is InChI=1S/C48H66N6O10S/c1-3-33-29-48(33,45(57)52-65(59,60)47(2)18-19-47)51-42(55)39-28-34-30-54(39)44(56)38(26-31-12-6-4-7-13-31)50-46(58)64-40-27-32(40)14-8-5-9-16-36-41(62-25-22-53-20-23-61-24-21-53)35-15-10-11-17-37(35)49-43(36)63-34/h3,10-11,15,17,31-34,38-40H,1,4-9,12-14,16,18-30H2,2H3,(H,50,58)(H,51,55)(H,52,57)/t32-,33-,34-,38+,39+,40-,48-/m1/s1. The van der Waals surface area contributed by atoms with Gasteiger partial charge < -0.3 is 34.5 Å². The number of benzene rings is 1. The zero-order chi connectivity index (χ0) is 45.3. The van der Waals surface area contributed by atoms with Gasteiger partial charge in [-0.1, -0.05) is 63.2 Å². The molecule has 3 aliphatic heterocycles. The molecule has 0 radical (unpaired) electrons. The average molecular weight is 919 g/mol. The number of pyridine rings is 1. The van der Waals surface area contributed by atoms with Crippen LogP contribution in [0.4, 0.5) is 4.79 Å². The number of nitrogens with one attached hydrogen (secondary N) is 3. The number of carbonyl (C=O) groups excluding carboxylic acids is 4. The summed E-state index contributed by atoms with van der Waals surface area (Å²) in [5, 5.41) is 6.72. The summed E-state index contributed by atoms with van der Waals surface area (Å²) in [7, 11) is -4.01. The maximum absolute atomic E-state index is 15.1. The second-order valence-electron chi connectivity index (χ2n) is 19.9. The van der Waals surface area contributed by atoms with Crippen LogP contribution in [0.3, 0.4) is 0 Å². The van der Waals surface area contributed by atoms with Crippen LogP contribution in [-0.2, 0) is 40.3 Å². The SMILES string of the molecule is C=C[C@@H]1C[C@]1(NC(=O)[C@@H]1C[C@@H]2CN1C(=O)[C@H](CC1CCCCC1)NC(=O)O[C@@H]1C[C@H]1CCCCCc1c(nc3ccccc3c1OCCN1CCOCC1)O2)C(=O)NS(=O)(=O)C1(C)CC1. The fraction of sp³-hybridized carbons (Fsp3) is 0.688. The first-order valence-electron chi connectivity index (χ1n) is 24.2. The number of rotatable bonds is 12. The molecule has 3 N–H and O–H groups in total. The Morgan fingerprint density at radius 2 is 1.77 bits per heavy atom. The minimum absolute atomic E-state index is 0.00248. The van der Waals surface area contributed by atoms with E-state index in [1.165, 1.54) is 4.90 Å². The summed E-state index contributed by atoms with van der Waals surface area (Å²) in [5.41, 5.74) is -0.0417. The van der Waals surface area contributed by atoms with Crippen LogP contribution in [0.1, 0.15) is 109 Å². The number of morpholine rings is 1. The Labute approximate surface area is 382 Å². The van der Waals surface area contributed by atoms with Gasteiger partial charge in [-0.25, -0.2) is 18.2 Å². The van der Waals surface area contributed by atoms with Gasteiger partial charge in [0.15, 0.2) is 0 Å². The molecular formula is C48H66N6O10S. The van der Waals surface area contributed by atoms with E-state index in [1.54, 1.807) is 13.0 Å². The number of para-hydroxylation sites is 1. The van der Waals surface area contributed by atoms with Crippen molar-refractivity contribution in [1.82, 2.24) is 30.1 Å². The number of ether oxygens (including phenoxy) is 4. The van der Waals surface area contributed by atoms with E-state index in [4.69, 9.17) is 23.9 Å². The fourth-order valence-electron chi connectivity index (χ4n) is 10.5. The molecule has 1 aromatic heterocycles. The van der Waals surface area contributed by atoms with Gasteiger partial charge in [0.05, 0.1) is 35.6 Å². The molecule has 4 heterocycles. The largest absolute Gasteiger partial charge is 0.491 e. The molecule has 2 aromatic rings. The van der Waals surface area contributed by atoms with Crippen LogP contribution in [0.5, 0.6) is 11.6 Å². The molecule has 2 bridgehead atoms. The molecule has 2 saturated heterocycles. The van der Waals surface area contributed by atoms with Crippen molar-refractivity contribution in [2.24, 2.45) is 17.8 Å². The number of aromatic nitrogens is 1. The molecule has 4 aliphatic carbocycles. The van der Waals surface area contributed by atoms with E-state index >= 15 is 4.79 Å². The molecule has 0 unspecified atom stereocenters. The van der Waals surface area contributed by atoms with E-state index in [2.05, 4.69) is 26.8 Å². The highest BCUT2D eigenvalue weighted by molar-refractivity contribution is 7.91. The molecule has 65 heavy (non-hydrogen) atoms. The molecule has 4 saturated carbocycles. The van der Waals surface area contributed by atoms with Gasteiger partial charge in [-0.15, -0.1) is 6.58 Å². The van der Waals surface area contributed by atoms with Crippen LogP contribution in [0.15, 0.2) is 36.9 Å². The van der Waals surface area contributed by atoms with Gasteiger partial charge in [0, 0.05) is 37.4 Å². The molecule has 4 amide bonds. The number of carbonyl (C=O) groups is 4. The Morgan fingerprint density at radius 3 is 2.52 bits per heavy atom. The van der Waals surface area contributed by atoms with Gasteiger partial charge in [0.25, 0.3) is 5.91 Å². The first-order chi connectivity index (χ1) is 31.4. The van der Waals surface area contributed by atoms with Gasteiger partial charge in [0.1, 0.15) is 42.2 Å². The van der Waals surface area contributed by atoms with E-state index in [1.807, 2.05) is 24.3 Å². The maximum Gasteiger partial charge on any atom is 0.408 e. The van der Waals surface area contributed by atoms with Crippen molar-refractivity contribution >= 4 is 44.7 Å². The van der Waals surface area contributed by atoms with E-state index < -0.39 is 68.2 Å². The molecule has 7 atom stereocenters. The highest BCUT2D eigenvalue weighted by Crippen LogP contribution is 2.47. The molecule has 0 spiro atoms. The molecule has 1 aromatic carbocycles. The van der Waals surface area contributed by atoms with Crippen molar-refractivity contribution in [1.29, 1.82) is 0 Å². The van der Waals surface area contributed by atoms with Crippen molar-refractivity contribution < 1.29 is 46.5 Å². The zero-order valence-electron chi connectivity index (χ0n) is 37.7. The lowest BCUT2D eigenvalue weighted by molar-refractivity contribution is -0.141. The van der Waals surface area contributed by atoms with Crippen molar-refractivity contribution in [3.63, 3.8) is 0 Å². The Kier molecular flexibility index (Phi) is 13.4. The van der Waals surface area contributed by atoms with Crippen LogP contribution in [-0.4, -0.2) is 128 Å². The van der Waals surface area contributed by atoms with E-state index in [0.29, 0.717) is 62.7 Å². The summed E-state index contributed by atoms with van der Waals surface area (Å²) in [6, 6.07) is 5.73. The van der Waals surface area contributed by atoms with Gasteiger partial charge in [-0.2, -0.15) is 0 Å². The van der Waals surface area contributed by atoms with Crippen LogP contribution >= 0.6 is 0 Å². The normalized spacial score (nSPS) is 30.8. The Morgan fingerprint density at radius 1 is 1.02 bits per heavy atom. The van der Waals surface area contributed by atoms with Crippen LogP contribution in [0, 0.1) is 17.8 Å². The molecule has 6 fully saturated rings. The topological polar surface area (TPSA) is 195 Å². The van der Waals surface area contributed by atoms with Crippen molar-refractivity contribution in [3.8, 4) is 11.6 Å². The van der Waals surface area contributed by atoms with Crippen molar-refractivity contribution in [3.05, 3.63) is 42.5 Å². The summed E-state index contributed by atoms with van der Waals surface area (Å²) in [5.74, 6) is -0.862. The molecule has 354 valence electrons. The Balaban J connectivity index is 1.04. The summed E-state index contributed by atoms with van der Waals surface area (Å²) in [6.07, 6.45) is 11.5. The highest BCUT2D eigenvalue weighted by atomic mass is 32.2. The lowest BCUT2D eigenvalue weighted by atomic mass is 9.84. The second kappa shape index (κ2) is 19.0. The summed E-state index contributed by atoms with van der Waals surface area (Å²) >= 11 is 0. The van der Waals surface area contributed by atoms with E-state index in [0.717, 1.165) is 94.8 Å². The zero-order valence-corrected chi connectivity index (χ0v) is 38.5. The third-order valence-electron chi connectivity index (χ3n) is 15.2. The van der Waals surface area contributed by atoms with Gasteiger partial charge >= 0.3 is 6.09 Å². The fourth-order valence-corrected chi connectivity index (χ4v) is 11.8. The lowest BCUT2D eigenvalue weighted by Crippen LogP contribution is -2.58. The Bertz CT molecular complexity index is 2240. The van der Waals surface area contributed by atoms with Gasteiger partial charge in [-0.3, -0.25) is 24.0 Å². The Hall–Kier alpha value is -4.48. The minimum atomic E-state index is -4.01. The summed E-state index contributed by atoms with van der Waals surface area (Å²) in [4.78, 5) is 66.2. The first kappa shape index (κ1) is 45.7. The van der Waals surface area contributed by atoms with E-state index in [-0.39, 0.29) is 37.3 Å². The molecule has 16 nitrogen and oxygen atoms in total.